The van der Waals surface area contributed by atoms with Crippen molar-refractivity contribution in [2.45, 2.75) is 85.1 Å². The van der Waals surface area contributed by atoms with Crippen LogP contribution in [0, 0.1) is 17.2 Å². The van der Waals surface area contributed by atoms with Gasteiger partial charge in [-0.2, -0.15) is 5.10 Å². The Bertz CT molecular complexity index is 1320. The van der Waals surface area contributed by atoms with Gasteiger partial charge in [-0.3, -0.25) is 9.48 Å². The van der Waals surface area contributed by atoms with Crippen LogP contribution < -0.4 is 10.6 Å². The number of carbonyl (C=O) groups excluding carboxylic acids is 3. The third-order valence-electron chi connectivity index (χ3n) is 7.86. The van der Waals surface area contributed by atoms with Crippen LogP contribution in [0.1, 0.15) is 81.3 Å². The number of amides is 1. The minimum atomic E-state index is -0.523. The molecule has 2 aliphatic carbocycles. The largest absolute Gasteiger partial charge is 0.464 e. The smallest absolute Gasteiger partial charge is 0.407 e. The summed E-state index contributed by atoms with van der Waals surface area (Å²) in [5.74, 6) is -0.00690. The molecule has 0 radical (unpaired) electrons. The number of esters is 2. The molecule has 1 amide bonds. The summed E-state index contributed by atoms with van der Waals surface area (Å²) in [5, 5.41) is 16.9. The molecule has 2 aliphatic rings. The van der Waals surface area contributed by atoms with Crippen LogP contribution in [-0.2, 0) is 50.0 Å². The number of alkyl carbamates (subject to hydrolysis) is 1. The van der Waals surface area contributed by atoms with E-state index in [1.807, 2.05) is 43.4 Å². The Labute approximate surface area is 252 Å². The van der Waals surface area contributed by atoms with E-state index in [1.165, 1.54) is 6.21 Å². The molecule has 11 heteroatoms. The van der Waals surface area contributed by atoms with Gasteiger partial charge in [-0.25, -0.2) is 9.59 Å². The SMILES string of the molecule is CC(C)COC(=O)Cn1ncc2c1CCC[C@H]2NC(=O)OCc1ccc(COC(=O)C[NH2+]C2=C(C=N)[C@@H](C)CCC2)cc1. The molecule has 232 valence electrons. The second-order valence-corrected chi connectivity index (χ2v) is 11.8. The average Bonchev–Trinajstić information content (AvgIpc) is 3.40. The van der Waals surface area contributed by atoms with E-state index in [0.717, 1.165) is 72.2 Å². The van der Waals surface area contributed by atoms with Crippen molar-refractivity contribution >= 4 is 24.2 Å². The van der Waals surface area contributed by atoms with Crippen LogP contribution in [0.5, 0.6) is 0 Å². The van der Waals surface area contributed by atoms with Gasteiger partial charge in [-0.15, -0.1) is 0 Å². The maximum Gasteiger partial charge on any atom is 0.407 e. The van der Waals surface area contributed by atoms with E-state index in [4.69, 9.17) is 19.6 Å². The van der Waals surface area contributed by atoms with E-state index in [2.05, 4.69) is 17.3 Å². The first-order valence-corrected chi connectivity index (χ1v) is 15.2. The highest BCUT2D eigenvalue weighted by atomic mass is 16.5. The summed E-state index contributed by atoms with van der Waals surface area (Å²) in [6.45, 7) is 6.97. The van der Waals surface area contributed by atoms with E-state index in [1.54, 1.807) is 10.9 Å². The van der Waals surface area contributed by atoms with Gasteiger partial charge in [0.15, 0.2) is 6.54 Å². The van der Waals surface area contributed by atoms with Crippen LogP contribution in [0.25, 0.3) is 0 Å². The number of benzene rings is 1. The third kappa shape index (κ3) is 9.25. The first kappa shape index (κ1) is 31.9. The Morgan fingerprint density at radius 1 is 1.05 bits per heavy atom. The van der Waals surface area contributed by atoms with Crippen molar-refractivity contribution in [3.8, 4) is 0 Å². The molecule has 11 nitrogen and oxygen atoms in total. The maximum atomic E-state index is 12.6. The predicted octanol–water partition coefficient (Wildman–Crippen LogP) is 3.72. The summed E-state index contributed by atoms with van der Waals surface area (Å²) in [4.78, 5) is 37.1. The monoisotopic (exact) mass is 594 g/mol. The first-order chi connectivity index (χ1) is 20.7. The summed E-state index contributed by atoms with van der Waals surface area (Å²) >= 11 is 0. The number of aromatic nitrogens is 2. The molecule has 2 aromatic rings. The molecule has 0 saturated carbocycles. The molecule has 4 rings (SSSR count). The fourth-order valence-electron chi connectivity index (χ4n) is 5.50. The number of nitrogens with two attached hydrogens (primary N) is 1. The zero-order chi connectivity index (χ0) is 30.8. The number of quaternary nitrogens is 1. The van der Waals surface area contributed by atoms with E-state index in [9.17, 15) is 14.4 Å². The van der Waals surface area contributed by atoms with Gasteiger partial charge >= 0.3 is 18.0 Å². The molecular weight excluding hydrogens is 550 g/mol. The molecule has 0 spiro atoms. The highest BCUT2D eigenvalue weighted by Gasteiger charge is 2.27. The zero-order valence-electron chi connectivity index (χ0n) is 25.4. The Morgan fingerprint density at radius 2 is 1.74 bits per heavy atom. The number of hydrogen-bond acceptors (Lipinski definition) is 8. The van der Waals surface area contributed by atoms with Crippen molar-refractivity contribution < 1.29 is 33.9 Å². The number of allylic oxidation sites excluding steroid dienone is 2. The summed E-state index contributed by atoms with van der Waals surface area (Å²) in [6.07, 6.45) is 8.04. The van der Waals surface area contributed by atoms with Crippen LogP contribution in [0.15, 0.2) is 41.7 Å². The molecular formula is C32H44N5O6+. The molecule has 1 aromatic heterocycles. The summed E-state index contributed by atoms with van der Waals surface area (Å²) in [6, 6.07) is 7.14. The molecule has 1 heterocycles. The lowest BCUT2D eigenvalue weighted by atomic mass is 9.87. The van der Waals surface area contributed by atoms with Gasteiger partial charge in [0, 0.05) is 29.5 Å². The number of nitrogens with zero attached hydrogens (tertiary/aromatic N) is 2. The lowest BCUT2D eigenvalue weighted by molar-refractivity contribution is -0.600. The van der Waals surface area contributed by atoms with Crippen molar-refractivity contribution in [2.24, 2.45) is 11.8 Å². The van der Waals surface area contributed by atoms with Crippen molar-refractivity contribution in [3.05, 3.63) is 64.1 Å². The lowest BCUT2D eigenvalue weighted by Crippen LogP contribution is -2.84. The minimum absolute atomic E-state index is 0.0525. The van der Waals surface area contributed by atoms with E-state index in [0.29, 0.717) is 12.5 Å². The number of nitrogens with one attached hydrogen (secondary N) is 2. The molecule has 1 aromatic carbocycles. The van der Waals surface area contributed by atoms with Crippen LogP contribution in [0.3, 0.4) is 0 Å². The predicted molar refractivity (Wildman–Crippen MR) is 159 cm³/mol. The third-order valence-corrected chi connectivity index (χ3v) is 7.86. The summed E-state index contributed by atoms with van der Waals surface area (Å²) in [5.41, 5.74) is 5.58. The van der Waals surface area contributed by atoms with E-state index in [-0.39, 0.29) is 50.2 Å². The minimum Gasteiger partial charge on any atom is -0.464 e. The molecule has 0 aliphatic heterocycles. The van der Waals surface area contributed by atoms with E-state index >= 15 is 0 Å². The maximum absolute atomic E-state index is 12.6. The van der Waals surface area contributed by atoms with Gasteiger partial charge in [0.05, 0.1) is 18.8 Å². The van der Waals surface area contributed by atoms with Gasteiger partial charge in [0.2, 0.25) is 0 Å². The van der Waals surface area contributed by atoms with Gasteiger partial charge in [0.25, 0.3) is 0 Å². The highest BCUT2D eigenvalue weighted by molar-refractivity contribution is 5.77. The van der Waals surface area contributed by atoms with Crippen molar-refractivity contribution in [1.29, 1.82) is 5.41 Å². The molecule has 0 saturated heterocycles. The van der Waals surface area contributed by atoms with Gasteiger partial charge in [0.1, 0.15) is 25.5 Å². The number of rotatable bonds is 13. The number of carbonyl (C=O) groups is 3. The molecule has 2 atom stereocenters. The fourth-order valence-corrected chi connectivity index (χ4v) is 5.50. The van der Waals surface area contributed by atoms with Crippen LogP contribution in [-0.4, -0.2) is 47.2 Å². The fraction of sp³-hybridized carbons (Fsp3) is 0.531. The number of fused-ring (bicyclic) bond motifs is 1. The van der Waals surface area contributed by atoms with Gasteiger partial charge in [-0.05, 0) is 55.1 Å². The molecule has 4 N–H and O–H groups in total. The zero-order valence-corrected chi connectivity index (χ0v) is 25.4. The quantitative estimate of drug-likeness (QED) is 0.182. The Hall–Kier alpha value is -3.99. The topological polar surface area (TPSA) is 149 Å². The van der Waals surface area contributed by atoms with Crippen molar-refractivity contribution in [1.82, 2.24) is 15.1 Å². The Morgan fingerprint density at radius 3 is 2.44 bits per heavy atom. The second-order valence-electron chi connectivity index (χ2n) is 11.8. The van der Waals surface area contributed by atoms with Crippen LogP contribution in [0.2, 0.25) is 0 Å². The lowest BCUT2D eigenvalue weighted by Gasteiger charge is -2.24. The molecule has 0 unspecified atom stereocenters. The van der Waals surface area contributed by atoms with Crippen LogP contribution >= 0.6 is 0 Å². The summed E-state index contributed by atoms with van der Waals surface area (Å²) < 4.78 is 17.8. The molecule has 43 heavy (non-hydrogen) atoms. The first-order valence-electron chi connectivity index (χ1n) is 15.2. The summed E-state index contributed by atoms with van der Waals surface area (Å²) in [7, 11) is 0. The Kier molecular flexibility index (Phi) is 11.5. The molecule has 0 fully saturated rings. The van der Waals surface area contributed by atoms with Gasteiger partial charge in [-0.1, -0.05) is 45.0 Å². The van der Waals surface area contributed by atoms with Crippen LogP contribution in [0.4, 0.5) is 4.79 Å². The Balaban J connectivity index is 1.19. The number of hydrogen-bond donors (Lipinski definition) is 3. The van der Waals surface area contributed by atoms with Crippen molar-refractivity contribution in [2.75, 3.05) is 13.2 Å². The standard InChI is InChI=1S/C32H43N5O6/c1-21(2)18-41-31(39)17-37-29-9-5-8-28(26(29)15-35-37)36-32(40)43-20-24-12-10-23(11-13-24)19-42-30(38)16-34-27-7-4-6-22(3)25(27)14-33/h10-15,21-22,28,33-34H,4-9,16-20H2,1-3H3,(H,36,40)/p+1/t22-,28+/m0/s1. The normalized spacial score (nSPS) is 18.1. The second kappa shape index (κ2) is 15.5. The highest BCUT2D eigenvalue weighted by Crippen LogP contribution is 2.30. The van der Waals surface area contributed by atoms with Gasteiger partial charge < -0.3 is 30.3 Å². The number of ether oxygens (including phenoxy) is 3. The molecule has 0 bridgehead atoms. The average molecular weight is 595 g/mol. The van der Waals surface area contributed by atoms with E-state index < -0.39 is 6.09 Å². The van der Waals surface area contributed by atoms with Crippen molar-refractivity contribution in [3.63, 3.8) is 0 Å².